The van der Waals surface area contributed by atoms with Crippen molar-refractivity contribution in [1.29, 1.82) is 0 Å². The lowest BCUT2D eigenvalue weighted by Crippen LogP contribution is -2.15. The number of aliphatic hydroxyl groups excluding tert-OH is 1. The van der Waals surface area contributed by atoms with Gasteiger partial charge in [0.15, 0.2) is 0 Å². The molecule has 0 aromatic carbocycles. The molecule has 0 saturated carbocycles. The Morgan fingerprint density at radius 3 is 1.45 bits per heavy atom. The maximum absolute atomic E-state index is 8.94. The summed E-state index contributed by atoms with van der Waals surface area (Å²) in [5.74, 6) is 0. The highest BCUT2D eigenvalue weighted by Crippen LogP contribution is 2.16. The van der Waals surface area contributed by atoms with Crippen LogP contribution in [0, 0.1) is 0 Å². The molecule has 0 aliphatic carbocycles. The van der Waals surface area contributed by atoms with Gasteiger partial charge in [-0.05, 0) is 12.8 Å². The standard InChI is InChI=1S/C20H42O2/c1-3-5-7-9-10-11-13-15-17-20(22-19-18-21)16-14-12-8-6-4-2/h20-21H,3-19H2,1-2H3. The summed E-state index contributed by atoms with van der Waals surface area (Å²) in [5.41, 5.74) is 0. The van der Waals surface area contributed by atoms with Gasteiger partial charge in [0.05, 0.1) is 19.3 Å². The molecule has 0 heterocycles. The number of ether oxygens (including phenoxy) is 1. The fourth-order valence-electron chi connectivity index (χ4n) is 3.01. The van der Waals surface area contributed by atoms with Crippen molar-refractivity contribution in [3.05, 3.63) is 0 Å². The Morgan fingerprint density at radius 2 is 1.05 bits per heavy atom. The second-order valence-electron chi connectivity index (χ2n) is 6.68. The molecule has 0 radical (unpaired) electrons. The topological polar surface area (TPSA) is 29.5 Å². The Labute approximate surface area is 140 Å². The predicted molar refractivity (Wildman–Crippen MR) is 97.4 cm³/mol. The van der Waals surface area contributed by atoms with Crippen molar-refractivity contribution in [2.75, 3.05) is 13.2 Å². The van der Waals surface area contributed by atoms with E-state index in [-0.39, 0.29) is 6.61 Å². The van der Waals surface area contributed by atoms with Crippen LogP contribution in [0.3, 0.4) is 0 Å². The summed E-state index contributed by atoms with van der Waals surface area (Å²) < 4.78 is 5.81. The Hall–Kier alpha value is -0.0800. The van der Waals surface area contributed by atoms with Gasteiger partial charge >= 0.3 is 0 Å². The van der Waals surface area contributed by atoms with Crippen LogP contribution in [0.4, 0.5) is 0 Å². The maximum atomic E-state index is 8.94. The van der Waals surface area contributed by atoms with Gasteiger partial charge in [0.2, 0.25) is 0 Å². The minimum absolute atomic E-state index is 0.157. The van der Waals surface area contributed by atoms with Gasteiger partial charge in [-0.2, -0.15) is 0 Å². The summed E-state index contributed by atoms with van der Waals surface area (Å²) in [6, 6.07) is 0. The number of hydrogen-bond donors (Lipinski definition) is 1. The quantitative estimate of drug-likeness (QED) is 0.303. The van der Waals surface area contributed by atoms with Gasteiger partial charge in [-0.1, -0.05) is 97.3 Å². The van der Waals surface area contributed by atoms with Gasteiger partial charge in [0, 0.05) is 0 Å². The van der Waals surface area contributed by atoms with Crippen LogP contribution in [0.2, 0.25) is 0 Å². The summed E-state index contributed by atoms with van der Waals surface area (Å²) in [5, 5.41) is 8.94. The molecular weight excluding hydrogens is 272 g/mol. The SMILES string of the molecule is CCCCCCCCCCC(CCCCCCC)OCCO. The average Bonchev–Trinajstić information content (AvgIpc) is 2.54. The molecule has 1 N–H and O–H groups in total. The maximum Gasteiger partial charge on any atom is 0.0701 e. The fourth-order valence-corrected chi connectivity index (χ4v) is 3.01. The van der Waals surface area contributed by atoms with Gasteiger partial charge in [0.25, 0.3) is 0 Å². The Morgan fingerprint density at radius 1 is 0.636 bits per heavy atom. The van der Waals surface area contributed by atoms with Crippen LogP contribution in [-0.2, 0) is 4.74 Å². The molecule has 1 unspecified atom stereocenters. The van der Waals surface area contributed by atoms with E-state index in [4.69, 9.17) is 9.84 Å². The van der Waals surface area contributed by atoms with Gasteiger partial charge in [-0.25, -0.2) is 0 Å². The summed E-state index contributed by atoms with van der Waals surface area (Å²) in [6.45, 7) is 5.20. The summed E-state index contributed by atoms with van der Waals surface area (Å²) >= 11 is 0. The van der Waals surface area contributed by atoms with Crippen molar-refractivity contribution < 1.29 is 9.84 Å². The third kappa shape index (κ3) is 16.3. The van der Waals surface area contributed by atoms with Crippen LogP contribution in [0.15, 0.2) is 0 Å². The molecular formula is C20H42O2. The normalized spacial score (nSPS) is 12.7. The van der Waals surface area contributed by atoms with E-state index in [0.29, 0.717) is 12.7 Å². The van der Waals surface area contributed by atoms with Crippen molar-refractivity contribution in [1.82, 2.24) is 0 Å². The van der Waals surface area contributed by atoms with Crippen molar-refractivity contribution >= 4 is 0 Å². The van der Waals surface area contributed by atoms with Crippen molar-refractivity contribution in [2.45, 2.75) is 116 Å². The zero-order chi connectivity index (χ0) is 16.3. The third-order valence-corrected chi connectivity index (χ3v) is 4.45. The molecule has 0 aromatic heterocycles. The molecule has 2 nitrogen and oxygen atoms in total. The molecule has 0 saturated heterocycles. The van der Waals surface area contributed by atoms with Crippen molar-refractivity contribution in [3.63, 3.8) is 0 Å². The molecule has 1 atom stereocenters. The summed E-state index contributed by atoms with van der Waals surface area (Å²) in [7, 11) is 0. The second kappa shape index (κ2) is 19.0. The predicted octanol–water partition coefficient (Wildman–Crippen LogP) is 6.26. The fraction of sp³-hybridized carbons (Fsp3) is 1.00. The van der Waals surface area contributed by atoms with Gasteiger partial charge in [0.1, 0.15) is 0 Å². The van der Waals surface area contributed by atoms with Crippen LogP contribution < -0.4 is 0 Å². The second-order valence-corrected chi connectivity index (χ2v) is 6.68. The minimum Gasteiger partial charge on any atom is -0.394 e. The summed E-state index contributed by atoms with van der Waals surface area (Å²) in [6.07, 6.45) is 20.4. The monoisotopic (exact) mass is 314 g/mol. The number of unbranched alkanes of at least 4 members (excludes halogenated alkanes) is 11. The first-order valence-corrected chi connectivity index (χ1v) is 10.1. The highest BCUT2D eigenvalue weighted by atomic mass is 16.5. The first kappa shape index (κ1) is 21.9. The number of hydrogen-bond acceptors (Lipinski definition) is 2. The van der Waals surface area contributed by atoms with E-state index >= 15 is 0 Å². The highest BCUT2D eigenvalue weighted by Gasteiger charge is 2.08. The lowest BCUT2D eigenvalue weighted by Gasteiger charge is -2.17. The largest absolute Gasteiger partial charge is 0.394 e. The van der Waals surface area contributed by atoms with Crippen LogP contribution >= 0.6 is 0 Å². The molecule has 0 rings (SSSR count). The molecule has 0 aliphatic rings. The molecule has 0 aromatic rings. The van der Waals surface area contributed by atoms with Crippen LogP contribution in [0.5, 0.6) is 0 Å². The Bertz CT molecular complexity index is 194. The van der Waals surface area contributed by atoms with E-state index < -0.39 is 0 Å². The van der Waals surface area contributed by atoms with E-state index in [1.807, 2.05) is 0 Å². The van der Waals surface area contributed by atoms with Gasteiger partial charge in [-0.3, -0.25) is 0 Å². The van der Waals surface area contributed by atoms with E-state index in [2.05, 4.69) is 13.8 Å². The lowest BCUT2D eigenvalue weighted by atomic mass is 10.0. The van der Waals surface area contributed by atoms with Crippen molar-refractivity contribution in [3.8, 4) is 0 Å². The van der Waals surface area contributed by atoms with E-state index in [1.165, 1.54) is 96.3 Å². The van der Waals surface area contributed by atoms with E-state index in [0.717, 1.165) is 0 Å². The van der Waals surface area contributed by atoms with Crippen LogP contribution in [0.1, 0.15) is 110 Å². The molecule has 2 heteroatoms. The molecule has 0 fully saturated rings. The minimum atomic E-state index is 0.157. The molecule has 0 amide bonds. The first-order chi connectivity index (χ1) is 10.8. The Kier molecular flexibility index (Phi) is 18.9. The number of rotatable bonds is 18. The zero-order valence-electron chi connectivity index (χ0n) is 15.5. The Balaban J connectivity index is 3.53. The molecule has 22 heavy (non-hydrogen) atoms. The lowest BCUT2D eigenvalue weighted by molar-refractivity contribution is 0.0167. The molecule has 0 bridgehead atoms. The third-order valence-electron chi connectivity index (χ3n) is 4.45. The van der Waals surface area contributed by atoms with Gasteiger partial charge in [-0.15, -0.1) is 0 Å². The van der Waals surface area contributed by atoms with Gasteiger partial charge < -0.3 is 9.84 Å². The molecule has 0 spiro atoms. The zero-order valence-corrected chi connectivity index (χ0v) is 15.5. The van der Waals surface area contributed by atoms with E-state index in [9.17, 15) is 0 Å². The smallest absolute Gasteiger partial charge is 0.0701 e. The molecule has 134 valence electrons. The van der Waals surface area contributed by atoms with Crippen LogP contribution in [-0.4, -0.2) is 24.4 Å². The highest BCUT2D eigenvalue weighted by molar-refractivity contribution is 4.60. The average molecular weight is 315 g/mol. The van der Waals surface area contributed by atoms with E-state index in [1.54, 1.807) is 0 Å². The number of aliphatic hydroxyl groups is 1. The summed E-state index contributed by atoms with van der Waals surface area (Å²) in [4.78, 5) is 0. The van der Waals surface area contributed by atoms with Crippen LogP contribution in [0.25, 0.3) is 0 Å². The molecule has 0 aliphatic heterocycles. The first-order valence-electron chi connectivity index (χ1n) is 10.1. The van der Waals surface area contributed by atoms with Crippen molar-refractivity contribution in [2.24, 2.45) is 0 Å².